The Morgan fingerprint density at radius 3 is 2.43 bits per heavy atom. The van der Waals surface area contributed by atoms with Crippen molar-refractivity contribution in [2.24, 2.45) is 0 Å². The van der Waals surface area contributed by atoms with E-state index in [-0.39, 0.29) is 18.7 Å². The van der Waals surface area contributed by atoms with Gasteiger partial charge in [-0.1, -0.05) is 30.3 Å². The Morgan fingerprint density at radius 1 is 1.10 bits per heavy atom. The van der Waals surface area contributed by atoms with Crippen molar-refractivity contribution in [2.75, 3.05) is 13.7 Å². The summed E-state index contributed by atoms with van der Waals surface area (Å²) >= 11 is 0. The number of carbonyl (C=O) groups excluding carboxylic acids is 3. The van der Waals surface area contributed by atoms with Crippen LogP contribution in [0.25, 0.3) is 0 Å². The molecule has 2 aliphatic heterocycles. The molecule has 8 heteroatoms. The van der Waals surface area contributed by atoms with Crippen molar-refractivity contribution in [1.29, 1.82) is 0 Å². The number of hydrogen-bond donors (Lipinski definition) is 0. The number of rotatable bonds is 3. The van der Waals surface area contributed by atoms with Crippen molar-refractivity contribution in [2.45, 2.75) is 57.9 Å². The molecule has 0 bridgehead atoms. The van der Waals surface area contributed by atoms with Gasteiger partial charge < -0.3 is 19.1 Å². The SMILES string of the molecule is COC(=O)/C=C1\C[C@@H]2[C@H](CCN2C(=O)OCc2ccccc2)N1C(=O)OC(C)(C)C. The average molecular weight is 416 g/mol. The van der Waals surface area contributed by atoms with Crippen molar-refractivity contribution in [3.63, 3.8) is 0 Å². The normalized spacial score (nSPS) is 22.1. The second-order valence-electron chi connectivity index (χ2n) is 8.37. The maximum atomic E-state index is 12.8. The Morgan fingerprint density at radius 2 is 1.80 bits per heavy atom. The predicted molar refractivity (Wildman–Crippen MR) is 108 cm³/mol. The molecular formula is C22H28N2O6. The number of fused-ring (bicyclic) bond motifs is 1. The van der Waals surface area contributed by atoms with Crippen molar-refractivity contribution in [3.8, 4) is 0 Å². The van der Waals surface area contributed by atoms with Crippen LogP contribution in [-0.2, 0) is 25.6 Å². The van der Waals surface area contributed by atoms with E-state index in [1.807, 2.05) is 30.3 Å². The van der Waals surface area contributed by atoms with Gasteiger partial charge >= 0.3 is 18.2 Å². The summed E-state index contributed by atoms with van der Waals surface area (Å²) in [7, 11) is 1.28. The highest BCUT2D eigenvalue weighted by atomic mass is 16.6. The molecule has 162 valence electrons. The van der Waals surface area contributed by atoms with Gasteiger partial charge in [0, 0.05) is 24.7 Å². The Balaban J connectivity index is 1.75. The van der Waals surface area contributed by atoms with Gasteiger partial charge in [0.15, 0.2) is 0 Å². The summed E-state index contributed by atoms with van der Waals surface area (Å²) in [6.07, 6.45) is 1.23. The van der Waals surface area contributed by atoms with Gasteiger partial charge in [0.05, 0.1) is 19.2 Å². The molecule has 0 unspecified atom stereocenters. The highest BCUT2D eigenvalue weighted by Gasteiger charge is 2.50. The standard InChI is InChI=1S/C22H28N2O6/c1-22(2,3)30-21(27)24-16(13-19(25)28-4)12-18-17(24)10-11-23(18)20(26)29-14-15-8-6-5-7-9-15/h5-9,13,17-18H,10-12,14H2,1-4H3/b16-13+/t17-,18+/m0/s1. The molecule has 2 atom stereocenters. The van der Waals surface area contributed by atoms with Gasteiger partial charge in [-0.2, -0.15) is 0 Å². The first-order chi connectivity index (χ1) is 14.2. The number of ether oxygens (including phenoxy) is 3. The third kappa shape index (κ3) is 4.93. The van der Waals surface area contributed by atoms with Crippen LogP contribution in [0.15, 0.2) is 42.1 Å². The van der Waals surface area contributed by atoms with Gasteiger partial charge in [0.2, 0.25) is 0 Å². The average Bonchev–Trinajstić information content (AvgIpc) is 3.24. The molecule has 0 N–H and O–H groups in total. The van der Waals surface area contributed by atoms with Crippen molar-refractivity contribution in [1.82, 2.24) is 9.80 Å². The zero-order chi connectivity index (χ0) is 21.9. The number of hydrogen-bond acceptors (Lipinski definition) is 6. The lowest BCUT2D eigenvalue weighted by molar-refractivity contribution is -0.134. The minimum absolute atomic E-state index is 0.175. The molecule has 1 aromatic rings. The first-order valence-corrected chi connectivity index (χ1v) is 9.97. The van der Waals surface area contributed by atoms with Crippen molar-refractivity contribution < 1.29 is 28.6 Å². The third-order valence-electron chi connectivity index (χ3n) is 5.09. The first-order valence-electron chi connectivity index (χ1n) is 9.97. The number of amides is 2. The summed E-state index contributed by atoms with van der Waals surface area (Å²) < 4.78 is 15.7. The number of methoxy groups -OCH3 is 1. The van der Waals surface area contributed by atoms with Gasteiger partial charge in [-0.3, -0.25) is 4.90 Å². The van der Waals surface area contributed by atoms with E-state index >= 15 is 0 Å². The summed E-state index contributed by atoms with van der Waals surface area (Å²) in [5.41, 5.74) is 0.694. The van der Waals surface area contributed by atoms with Crippen molar-refractivity contribution in [3.05, 3.63) is 47.7 Å². The van der Waals surface area contributed by atoms with E-state index in [0.29, 0.717) is 25.1 Å². The zero-order valence-corrected chi connectivity index (χ0v) is 17.8. The minimum Gasteiger partial charge on any atom is -0.466 e. The molecule has 3 rings (SSSR count). The summed E-state index contributed by atoms with van der Waals surface area (Å²) in [6.45, 7) is 5.99. The van der Waals surface area contributed by atoms with E-state index in [9.17, 15) is 14.4 Å². The maximum Gasteiger partial charge on any atom is 0.414 e. The molecule has 2 saturated heterocycles. The minimum atomic E-state index is -0.682. The van der Waals surface area contributed by atoms with Crippen LogP contribution in [-0.4, -0.2) is 59.3 Å². The monoisotopic (exact) mass is 416 g/mol. The van der Waals surface area contributed by atoms with Crippen LogP contribution in [0.1, 0.15) is 39.2 Å². The molecule has 0 radical (unpaired) electrons. The van der Waals surface area contributed by atoms with Crippen LogP contribution in [0.4, 0.5) is 9.59 Å². The summed E-state index contributed by atoms with van der Waals surface area (Å²) in [6, 6.07) is 8.88. The quantitative estimate of drug-likeness (QED) is 0.426. The molecule has 0 saturated carbocycles. The van der Waals surface area contributed by atoms with Crippen LogP contribution in [0.3, 0.4) is 0 Å². The van der Waals surface area contributed by atoms with E-state index in [0.717, 1.165) is 5.56 Å². The zero-order valence-electron chi connectivity index (χ0n) is 17.8. The van der Waals surface area contributed by atoms with Crippen LogP contribution in [0.2, 0.25) is 0 Å². The molecule has 1 aromatic carbocycles. The largest absolute Gasteiger partial charge is 0.466 e. The van der Waals surface area contributed by atoms with Gasteiger partial charge in [-0.15, -0.1) is 0 Å². The third-order valence-corrected chi connectivity index (χ3v) is 5.09. The van der Waals surface area contributed by atoms with Crippen LogP contribution in [0, 0.1) is 0 Å². The molecule has 2 aliphatic rings. The highest BCUT2D eigenvalue weighted by molar-refractivity contribution is 5.84. The molecule has 2 fully saturated rings. The summed E-state index contributed by atoms with van der Waals surface area (Å²) in [4.78, 5) is 40.5. The molecular weight excluding hydrogens is 388 g/mol. The molecule has 8 nitrogen and oxygen atoms in total. The predicted octanol–water partition coefficient (Wildman–Crippen LogP) is 3.46. The molecule has 2 heterocycles. The lowest BCUT2D eigenvalue weighted by atomic mass is 10.1. The van der Waals surface area contributed by atoms with Crippen LogP contribution < -0.4 is 0 Å². The second kappa shape index (κ2) is 8.77. The molecule has 0 spiro atoms. The number of esters is 1. The second-order valence-corrected chi connectivity index (χ2v) is 8.37. The van der Waals surface area contributed by atoms with Gasteiger partial charge in [-0.05, 0) is 32.8 Å². The van der Waals surface area contributed by atoms with E-state index in [1.165, 1.54) is 18.1 Å². The first kappa shape index (κ1) is 21.7. The van der Waals surface area contributed by atoms with Crippen molar-refractivity contribution >= 4 is 18.2 Å². The summed E-state index contributed by atoms with van der Waals surface area (Å²) in [5.74, 6) is -0.559. The molecule has 30 heavy (non-hydrogen) atoms. The van der Waals surface area contributed by atoms with Gasteiger partial charge in [0.1, 0.15) is 12.2 Å². The molecule has 2 amide bonds. The highest BCUT2D eigenvalue weighted by Crippen LogP contribution is 2.39. The van der Waals surface area contributed by atoms with Gasteiger partial charge in [-0.25, -0.2) is 14.4 Å². The lowest BCUT2D eigenvalue weighted by Crippen LogP contribution is -2.43. The fraction of sp³-hybridized carbons (Fsp3) is 0.500. The van der Waals surface area contributed by atoms with E-state index in [4.69, 9.17) is 14.2 Å². The van der Waals surface area contributed by atoms with E-state index < -0.39 is 23.8 Å². The van der Waals surface area contributed by atoms with E-state index in [2.05, 4.69) is 0 Å². The Labute approximate surface area is 176 Å². The maximum absolute atomic E-state index is 12.8. The molecule has 0 aromatic heterocycles. The fourth-order valence-corrected chi connectivity index (χ4v) is 3.83. The van der Waals surface area contributed by atoms with Crippen LogP contribution in [0.5, 0.6) is 0 Å². The topological polar surface area (TPSA) is 85.4 Å². The van der Waals surface area contributed by atoms with Gasteiger partial charge in [0.25, 0.3) is 0 Å². The fourth-order valence-electron chi connectivity index (χ4n) is 3.83. The van der Waals surface area contributed by atoms with E-state index in [1.54, 1.807) is 25.7 Å². The van der Waals surface area contributed by atoms with Crippen LogP contribution >= 0.6 is 0 Å². The Hall–Kier alpha value is -3.03. The molecule has 0 aliphatic carbocycles. The Bertz CT molecular complexity index is 830. The Kier molecular flexibility index (Phi) is 6.34. The smallest absolute Gasteiger partial charge is 0.414 e. The lowest BCUT2D eigenvalue weighted by Gasteiger charge is -2.28. The number of carbonyl (C=O) groups is 3. The number of likely N-dealkylation sites (tertiary alicyclic amines) is 2. The number of nitrogens with zero attached hydrogens (tertiary/aromatic N) is 2. The number of benzene rings is 1. The summed E-state index contributed by atoms with van der Waals surface area (Å²) in [5, 5.41) is 0.